The summed E-state index contributed by atoms with van der Waals surface area (Å²) in [5.74, 6) is 0.997. The number of hydrogen-bond donors (Lipinski definition) is 4. The molecule has 5 heterocycles. The van der Waals surface area contributed by atoms with Gasteiger partial charge in [-0.3, -0.25) is 4.79 Å². The largest absolute Gasteiger partial charge is 0.391 e. The summed E-state index contributed by atoms with van der Waals surface area (Å²) >= 11 is 1.37. The van der Waals surface area contributed by atoms with Crippen LogP contribution in [0.4, 0.5) is 5.00 Å². The molecule has 5 N–H and O–H groups in total. The van der Waals surface area contributed by atoms with Gasteiger partial charge in [0.1, 0.15) is 10.7 Å². The van der Waals surface area contributed by atoms with Crippen molar-refractivity contribution >= 4 is 50.1 Å². The number of H-pyrrole nitrogens is 2. The molecule has 7 nitrogen and oxygen atoms in total. The summed E-state index contributed by atoms with van der Waals surface area (Å²) in [6, 6.07) is 7.75. The number of nitrogens with two attached hydrogens (primary N) is 1. The maximum atomic E-state index is 12.5. The molecule has 4 aromatic rings. The monoisotopic (exact) mass is 402 g/mol. The van der Waals surface area contributed by atoms with Crippen LogP contribution in [-0.2, 0) is 0 Å². The molecule has 140 valence electrons. The van der Waals surface area contributed by atoms with E-state index in [1.54, 1.807) is 0 Å². The lowest BCUT2D eigenvalue weighted by atomic mass is 9.94. The summed E-state index contributed by atoms with van der Waals surface area (Å²) in [5.41, 5.74) is 8.71. The molecule has 5 rings (SSSR count). The van der Waals surface area contributed by atoms with Crippen molar-refractivity contribution in [1.29, 1.82) is 0 Å². The zero-order valence-corrected chi connectivity index (χ0v) is 16.0. The lowest BCUT2D eigenvalue weighted by Crippen LogP contribution is -2.27. The number of thiophene rings is 1. The highest BCUT2D eigenvalue weighted by Crippen LogP contribution is 2.28. The van der Waals surface area contributed by atoms with Gasteiger partial charge in [0, 0.05) is 17.0 Å². The minimum Gasteiger partial charge on any atom is -0.391 e. The number of hydrogen-bond acceptors (Lipinski definition) is 6. The van der Waals surface area contributed by atoms with E-state index >= 15 is 0 Å². The molecule has 0 aromatic carbocycles. The van der Waals surface area contributed by atoms with E-state index in [2.05, 4.69) is 26.3 Å². The van der Waals surface area contributed by atoms with Crippen LogP contribution in [-0.4, -0.2) is 33.0 Å². The molecule has 27 heavy (non-hydrogen) atoms. The minimum absolute atomic E-state index is 0. The molecule has 9 heteroatoms. The van der Waals surface area contributed by atoms with Crippen molar-refractivity contribution in [3.63, 3.8) is 0 Å². The van der Waals surface area contributed by atoms with Gasteiger partial charge in [0.05, 0.1) is 16.1 Å². The normalized spacial score (nSPS) is 15.3. The topological polar surface area (TPSA) is 112 Å². The highest BCUT2D eigenvalue weighted by molar-refractivity contribution is 7.22. The standard InChI is InChI=1S/C18H18N6OS.ClH/c19-14-8-10-7-11(17(25)24-18(10)26-14)15-22-13-2-1-12(21-16(13)23-15)9-3-5-20-6-4-9;/h1-2,7-9,20H,3-6,19H2,(H,24,25)(H,21,22,23);1H. The second kappa shape index (κ2) is 6.95. The molecule has 0 aliphatic carbocycles. The predicted octanol–water partition coefficient (Wildman–Crippen LogP) is 3.00. The van der Waals surface area contributed by atoms with Crippen molar-refractivity contribution in [2.75, 3.05) is 18.8 Å². The van der Waals surface area contributed by atoms with E-state index < -0.39 is 0 Å². The molecule has 0 spiro atoms. The Labute approximate surface area is 164 Å². The first-order chi connectivity index (χ1) is 12.7. The van der Waals surface area contributed by atoms with Gasteiger partial charge in [0.15, 0.2) is 5.65 Å². The summed E-state index contributed by atoms with van der Waals surface area (Å²) in [7, 11) is 0. The van der Waals surface area contributed by atoms with E-state index in [9.17, 15) is 4.79 Å². The summed E-state index contributed by atoms with van der Waals surface area (Å²) in [5, 5.41) is 4.95. The molecular formula is C18H19ClN6OS. The molecular weight excluding hydrogens is 384 g/mol. The molecule has 0 atom stereocenters. The van der Waals surface area contributed by atoms with Crippen molar-refractivity contribution in [3.05, 3.63) is 40.3 Å². The molecule has 1 aliphatic rings. The van der Waals surface area contributed by atoms with Crippen LogP contribution >= 0.6 is 23.7 Å². The van der Waals surface area contributed by atoms with Gasteiger partial charge in [-0.15, -0.1) is 23.7 Å². The summed E-state index contributed by atoms with van der Waals surface area (Å²) in [4.78, 5) is 28.7. The second-order valence-electron chi connectivity index (χ2n) is 6.66. The van der Waals surface area contributed by atoms with Crippen LogP contribution in [0.15, 0.2) is 29.1 Å². The number of rotatable bonds is 2. The third-order valence-corrected chi connectivity index (χ3v) is 5.83. The number of aromatic amines is 2. The number of piperidine rings is 1. The van der Waals surface area contributed by atoms with Gasteiger partial charge in [0.2, 0.25) is 0 Å². The SMILES string of the molecule is Cl.Nc1cc2cc(-c3nc4nc(C5CCNCC5)ccc4[nH]3)c(=O)[nH]c2s1. The highest BCUT2D eigenvalue weighted by atomic mass is 35.5. The highest BCUT2D eigenvalue weighted by Gasteiger charge is 2.18. The van der Waals surface area contributed by atoms with Crippen LogP contribution in [0.2, 0.25) is 0 Å². The van der Waals surface area contributed by atoms with Crippen molar-refractivity contribution in [2.45, 2.75) is 18.8 Å². The first kappa shape index (κ1) is 18.0. The number of nitrogen functional groups attached to an aromatic ring is 1. The fourth-order valence-electron chi connectivity index (χ4n) is 3.58. The number of nitrogens with zero attached hydrogens (tertiary/aromatic N) is 2. The number of nitrogens with one attached hydrogen (secondary N) is 3. The average Bonchev–Trinajstić information content (AvgIpc) is 3.22. The van der Waals surface area contributed by atoms with Gasteiger partial charge in [0.25, 0.3) is 5.56 Å². The molecule has 1 saturated heterocycles. The van der Waals surface area contributed by atoms with Crippen LogP contribution < -0.4 is 16.6 Å². The van der Waals surface area contributed by atoms with Crippen LogP contribution in [0.3, 0.4) is 0 Å². The Morgan fingerprint density at radius 3 is 2.74 bits per heavy atom. The van der Waals surface area contributed by atoms with E-state index in [1.807, 2.05) is 18.2 Å². The van der Waals surface area contributed by atoms with Crippen LogP contribution in [0.1, 0.15) is 24.5 Å². The fourth-order valence-corrected chi connectivity index (χ4v) is 4.38. The Hall–Kier alpha value is -2.42. The molecule has 4 aromatic heterocycles. The average molecular weight is 403 g/mol. The van der Waals surface area contributed by atoms with Gasteiger partial charge in [-0.2, -0.15) is 0 Å². The molecule has 0 saturated carbocycles. The zero-order chi connectivity index (χ0) is 17.7. The lowest BCUT2D eigenvalue weighted by Gasteiger charge is -2.21. The van der Waals surface area contributed by atoms with Crippen LogP contribution in [0.5, 0.6) is 0 Å². The number of fused-ring (bicyclic) bond motifs is 2. The number of imidazole rings is 1. The van der Waals surface area contributed by atoms with Crippen molar-refractivity contribution in [3.8, 4) is 11.4 Å². The molecule has 0 unspecified atom stereocenters. The molecule has 1 fully saturated rings. The van der Waals surface area contributed by atoms with E-state index in [0.717, 1.165) is 47.4 Å². The first-order valence-electron chi connectivity index (χ1n) is 8.67. The van der Waals surface area contributed by atoms with Crippen molar-refractivity contribution in [2.24, 2.45) is 0 Å². The van der Waals surface area contributed by atoms with Crippen LogP contribution in [0, 0.1) is 0 Å². The Balaban J connectivity index is 0.00000180. The number of anilines is 1. The smallest absolute Gasteiger partial charge is 0.260 e. The zero-order valence-electron chi connectivity index (χ0n) is 14.4. The van der Waals surface area contributed by atoms with E-state index in [-0.39, 0.29) is 18.0 Å². The summed E-state index contributed by atoms with van der Waals surface area (Å²) in [6.45, 7) is 2.05. The number of pyridine rings is 2. The third kappa shape index (κ3) is 3.20. The Bertz CT molecular complexity index is 1170. The van der Waals surface area contributed by atoms with E-state index in [4.69, 9.17) is 10.7 Å². The fraction of sp³-hybridized carbons (Fsp3) is 0.278. The van der Waals surface area contributed by atoms with Gasteiger partial charge in [-0.25, -0.2) is 9.97 Å². The number of halogens is 1. The first-order valence-corrected chi connectivity index (χ1v) is 9.49. The molecule has 0 bridgehead atoms. The Morgan fingerprint density at radius 2 is 1.93 bits per heavy atom. The Morgan fingerprint density at radius 1 is 1.11 bits per heavy atom. The Kier molecular flexibility index (Phi) is 4.63. The predicted molar refractivity (Wildman–Crippen MR) is 112 cm³/mol. The maximum Gasteiger partial charge on any atom is 0.260 e. The summed E-state index contributed by atoms with van der Waals surface area (Å²) < 4.78 is 0. The van der Waals surface area contributed by atoms with Gasteiger partial charge in [-0.1, -0.05) is 0 Å². The third-order valence-electron chi connectivity index (χ3n) is 4.93. The summed E-state index contributed by atoms with van der Waals surface area (Å²) in [6.07, 6.45) is 2.18. The quantitative estimate of drug-likeness (QED) is 0.411. The molecule has 0 radical (unpaired) electrons. The maximum absolute atomic E-state index is 12.5. The number of aromatic nitrogens is 4. The van der Waals surface area contributed by atoms with Gasteiger partial charge >= 0.3 is 0 Å². The van der Waals surface area contributed by atoms with E-state index in [1.165, 1.54) is 11.3 Å². The van der Waals surface area contributed by atoms with Crippen LogP contribution in [0.25, 0.3) is 32.8 Å². The lowest BCUT2D eigenvalue weighted by molar-refractivity contribution is 0.454. The minimum atomic E-state index is -0.183. The van der Waals surface area contributed by atoms with Crippen molar-refractivity contribution < 1.29 is 0 Å². The van der Waals surface area contributed by atoms with Gasteiger partial charge in [-0.05, 0) is 50.2 Å². The second-order valence-corrected chi connectivity index (χ2v) is 7.75. The van der Waals surface area contributed by atoms with Crippen molar-refractivity contribution in [1.82, 2.24) is 25.3 Å². The van der Waals surface area contributed by atoms with Gasteiger partial charge < -0.3 is 21.0 Å². The van der Waals surface area contributed by atoms with E-state index in [0.29, 0.717) is 28.0 Å². The molecule has 0 amide bonds. The molecule has 1 aliphatic heterocycles.